The van der Waals surface area contributed by atoms with Crippen LogP contribution in [0.4, 0.5) is 5.82 Å². The summed E-state index contributed by atoms with van der Waals surface area (Å²) in [5, 5.41) is 3.81. The van der Waals surface area contributed by atoms with Gasteiger partial charge in [-0.15, -0.1) is 11.6 Å². The highest BCUT2D eigenvalue weighted by Gasteiger charge is 2.24. The molecule has 0 spiro atoms. The van der Waals surface area contributed by atoms with Crippen molar-refractivity contribution in [3.63, 3.8) is 0 Å². The Bertz CT molecular complexity index is 311. The molecule has 0 bridgehead atoms. The monoisotopic (exact) mass is 232 g/mol. The van der Waals surface area contributed by atoms with E-state index in [0.717, 1.165) is 0 Å². The van der Waals surface area contributed by atoms with Gasteiger partial charge in [0.25, 0.3) is 0 Å². The van der Waals surface area contributed by atoms with Gasteiger partial charge in [-0.05, 0) is 32.9 Å². The molecule has 0 aliphatic carbocycles. The predicted octanol–water partition coefficient (Wildman–Crippen LogP) is 3.55. The van der Waals surface area contributed by atoms with Gasteiger partial charge in [0.05, 0.1) is 10.4 Å². The zero-order valence-corrected chi connectivity index (χ0v) is 10.0. The van der Waals surface area contributed by atoms with E-state index in [4.69, 9.17) is 23.2 Å². The average Bonchev–Trinajstić information content (AvgIpc) is 2.08. The highest BCUT2D eigenvalue weighted by molar-refractivity contribution is 6.32. The minimum absolute atomic E-state index is 0.0134. The Hall–Kier alpha value is -0.470. The Balaban J connectivity index is 2.84. The molecule has 1 unspecified atom stereocenters. The third-order valence-electron chi connectivity index (χ3n) is 2.19. The van der Waals surface area contributed by atoms with Crippen molar-refractivity contribution in [1.29, 1.82) is 0 Å². The fourth-order valence-corrected chi connectivity index (χ4v) is 1.11. The van der Waals surface area contributed by atoms with Gasteiger partial charge < -0.3 is 5.32 Å². The molecule has 1 heterocycles. The van der Waals surface area contributed by atoms with E-state index in [2.05, 4.69) is 10.3 Å². The molecule has 0 aliphatic rings. The van der Waals surface area contributed by atoms with Crippen LogP contribution in [0.15, 0.2) is 18.3 Å². The summed E-state index contributed by atoms with van der Waals surface area (Å²) in [6, 6.07) is 3.59. The molecule has 1 aromatic heterocycles. The van der Waals surface area contributed by atoms with Crippen molar-refractivity contribution in [3.05, 3.63) is 23.4 Å². The predicted molar refractivity (Wildman–Crippen MR) is 62.3 cm³/mol. The zero-order chi connectivity index (χ0) is 10.8. The number of pyridine rings is 1. The first-order valence-electron chi connectivity index (χ1n) is 4.46. The third kappa shape index (κ3) is 2.76. The number of hydrogen-bond acceptors (Lipinski definition) is 2. The second-order valence-corrected chi connectivity index (χ2v) is 4.86. The molecule has 0 amide bonds. The molecule has 1 N–H and O–H groups in total. The highest BCUT2D eigenvalue weighted by Crippen LogP contribution is 2.25. The van der Waals surface area contributed by atoms with Crippen LogP contribution in [0, 0.1) is 0 Å². The maximum atomic E-state index is 6.04. The Morgan fingerprint density at radius 2 is 2.14 bits per heavy atom. The summed E-state index contributed by atoms with van der Waals surface area (Å²) in [7, 11) is 0. The van der Waals surface area contributed by atoms with Crippen molar-refractivity contribution in [2.75, 3.05) is 5.32 Å². The molecular weight excluding hydrogens is 219 g/mol. The lowest BCUT2D eigenvalue weighted by Crippen LogP contribution is -2.39. The van der Waals surface area contributed by atoms with Crippen LogP contribution in [-0.2, 0) is 0 Å². The number of halogens is 2. The summed E-state index contributed by atoms with van der Waals surface area (Å²) in [4.78, 5) is 4.14. The van der Waals surface area contributed by atoms with Crippen molar-refractivity contribution in [2.24, 2.45) is 0 Å². The Labute approximate surface area is 94.6 Å². The summed E-state index contributed by atoms with van der Waals surface area (Å²) in [6.45, 7) is 5.96. The van der Waals surface area contributed by atoms with Gasteiger partial charge >= 0.3 is 0 Å². The van der Waals surface area contributed by atoms with Crippen LogP contribution >= 0.6 is 23.2 Å². The largest absolute Gasteiger partial charge is 0.362 e. The van der Waals surface area contributed by atoms with Crippen LogP contribution < -0.4 is 5.32 Å². The molecule has 0 aromatic carbocycles. The minimum Gasteiger partial charge on any atom is -0.362 e. The van der Waals surface area contributed by atoms with E-state index in [1.165, 1.54) is 0 Å². The van der Waals surface area contributed by atoms with E-state index in [0.29, 0.717) is 10.8 Å². The number of hydrogen-bond donors (Lipinski definition) is 1. The van der Waals surface area contributed by atoms with E-state index >= 15 is 0 Å². The van der Waals surface area contributed by atoms with Crippen LogP contribution in [0.2, 0.25) is 5.02 Å². The number of nitrogens with zero attached hydrogens (tertiary/aromatic N) is 1. The zero-order valence-electron chi connectivity index (χ0n) is 8.51. The molecule has 0 fully saturated rings. The summed E-state index contributed by atoms with van der Waals surface area (Å²) >= 11 is 12.0. The van der Waals surface area contributed by atoms with E-state index in [1.54, 1.807) is 18.3 Å². The fourth-order valence-electron chi connectivity index (χ4n) is 0.882. The second-order valence-electron chi connectivity index (χ2n) is 3.80. The van der Waals surface area contributed by atoms with Crippen LogP contribution in [0.5, 0.6) is 0 Å². The van der Waals surface area contributed by atoms with Gasteiger partial charge in [-0.1, -0.05) is 11.6 Å². The molecule has 78 valence electrons. The van der Waals surface area contributed by atoms with Gasteiger partial charge in [-0.25, -0.2) is 4.98 Å². The lowest BCUT2D eigenvalue weighted by molar-refractivity contribution is 0.552. The Morgan fingerprint density at radius 3 is 2.64 bits per heavy atom. The van der Waals surface area contributed by atoms with Gasteiger partial charge in [0.2, 0.25) is 0 Å². The molecule has 0 saturated carbocycles. The van der Waals surface area contributed by atoms with Crippen molar-refractivity contribution in [3.8, 4) is 0 Å². The number of nitrogens with one attached hydrogen (secondary N) is 1. The van der Waals surface area contributed by atoms with E-state index in [9.17, 15) is 0 Å². The molecule has 14 heavy (non-hydrogen) atoms. The summed E-state index contributed by atoms with van der Waals surface area (Å²) in [5.41, 5.74) is -0.237. The molecule has 2 nitrogen and oxygen atoms in total. The summed E-state index contributed by atoms with van der Waals surface area (Å²) in [5.74, 6) is 0.673. The van der Waals surface area contributed by atoms with E-state index in [1.807, 2.05) is 20.8 Å². The van der Waals surface area contributed by atoms with Gasteiger partial charge in [0.1, 0.15) is 5.82 Å². The SMILES string of the molecule is CC(Cl)C(C)(C)Nc1ncccc1Cl. The molecule has 1 rings (SSSR count). The first kappa shape index (κ1) is 11.6. The minimum atomic E-state index is -0.237. The fraction of sp³-hybridized carbons (Fsp3) is 0.500. The van der Waals surface area contributed by atoms with Gasteiger partial charge in [-0.2, -0.15) is 0 Å². The van der Waals surface area contributed by atoms with Crippen molar-refractivity contribution < 1.29 is 0 Å². The second kappa shape index (κ2) is 4.37. The average molecular weight is 233 g/mol. The van der Waals surface area contributed by atoms with Crippen molar-refractivity contribution in [1.82, 2.24) is 4.98 Å². The van der Waals surface area contributed by atoms with Crippen molar-refractivity contribution >= 4 is 29.0 Å². The van der Waals surface area contributed by atoms with Crippen LogP contribution in [0.25, 0.3) is 0 Å². The molecule has 0 saturated heterocycles. The quantitative estimate of drug-likeness (QED) is 0.807. The van der Waals surface area contributed by atoms with E-state index < -0.39 is 0 Å². The molecule has 0 radical (unpaired) electrons. The van der Waals surface area contributed by atoms with Crippen LogP contribution in [0.1, 0.15) is 20.8 Å². The van der Waals surface area contributed by atoms with Gasteiger partial charge in [0, 0.05) is 11.7 Å². The summed E-state index contributed by atoms with van der Waals surface area (Å²) < 4.78 is 0. The molecule has 1 atom stereocenters. The number of rotatable bonds is 3. The molecule has 0 aliphatic heterocycles. The molecular formula is C10H14Cl2N2. The summed E-state index contributed by atoms with van der Waals surface area (Å²) in [6.07, 6.45) is 1.70. The van der Waals surface area contributed by atoms with Crippen LogP contribution in [0.3, 0.4) is 0 Å². The first-order valence-corrected chi connectivity index (χ1v) is 5.27. The number of aromatic nitrogens is 1. The maximum Gasteiger partial charge on any atom is 0.145 e. The molecule has 4 heteroatoms. The molecule has 1 aromatic rings. The number of alkyl halides is 1. The standard InChI is InChI=1S/C10H14Cl2N2/c1-7(11)10(2,3)14-9-8(12)5-4-6-13-9/h4-7H,1-3H3,(H,13,14). The third-order valence-corrected chi connectivity index (χ3v) is 3.04. The topological polar surface area (TPSA) is 24.9 Å². The van der Waals surface area contributed by atoms with Gasteiger partial charge in [-0.3, -0.25) is 0 Å². The lowest BCUT2D eigenvalue weighted by Gasteiger charge is -2.29. The number of anilines is 1. The van der Waals surface area contributed by atoms with E-state index in [-0.39, 0.29) is 10.9 Å². The Kier molecular flexibility index (Phi) is 3.62. The normalized spacial score (nSPS) is 13.8. The van der Waals surface area contributed by atoms with Crippen LogP contribution in [-0.4, -0.2) is 15.9 Å². The van der Waals surface area contributed by atoms with Crippen molar-refractivity contribution in [2.45, 2.75) is 31.7 Å². The first-order chi connectivity index (χ1) is 6.43. The maximum absolute atomic E-state index is 6.04. The smallest absolute Gasteiger partial charge is 0.145 e. The Morgan fingerprint density at radius 1 is 1.50 bits per heavy atom. The lowest BCUT2D eigenvalue weighted by atomic mass is 10.0. The van der Waals surface area contributed by atoms with Gasteiger partial charge in [0.15, 0.2) is 0 Å². The highest BCUT2D eigenvalue weighted by atomic mass is 35.5.